The van der Waals surface area contributed by atoms with Crippen LogP contribution in [0.1, 0.15) is 48.9 Å². The van der Waals surface area contributed by atoms with Gasteiger partial charge in [-0.2, -0.15) is 0 Å². The number of anilines is 2. The number of hydrogen-bond acceptors (Lipinski definition) is 12. The standard InChI is InChI=1S/C42H40N6O8S4/c1-55-41(53)45-35(23-11-5-3-6-12-23)39(51)47-17-9-15-25(47)37(49)43-33-21-31-29(59-33)19-27(57-31)28-20-30-32(58-28)22-34(60-30)44-38(50)26-16-10-18-48(26)40(52)36(46-42(54)56-2)24-13-7-4-8-14-24/h3-8,11-14,19-22,25-26,35-36H,9-10,15-18H2,1-2H3,(H,43,49)(H,44,50)(H,45,53)(H,46,54)/t25-,26-,35+,36+/m0/s1. The predicted octanol–water partition coefficient (Wildman–Crippen LogP) is 7.96. The van der Waals surface area contributed by atoms with Crippen LogP contribution in [0.3, 0.4) is 0 Å². The Kier molecular flexibility index (Phi) is 12.1. The lowest BCUT2D eigenvalue weighted by Gasteiger charge is -2.28. The van der Waals surface area contributed by atoms with Crippen LogP contribution >= 0.6 is 45.3 Å². The van der Waals surface area contributed by atoms with E-state index in [1.807, 2.05) is 24.3 Å². The molecule has 2 aliphatic rings. The van der Waals surface area contributed by atoms with Crippen molar-refractivity contribution in [1.29, 1.82) is 0 Å². The topological polar surface area (TPSA) is 175 Å². The zero-order chi connectivity index (χ0) is 41.9. The number of methoxy groups -OCH3 is 2. The molecule has 2 aromatic carbocycles. The maximum Gasteiger partial charge on any atom is 0.407 e. The molecule has 4 atom stereocenters. The molecule has 310 valence electrons. The fourth-order valence-corrected chi connectivity index (χ4v) is 12.3. The Morgan fingerprint density at radius 3 is 1.32 bits per heavy atom. The third kappa shape index (κ3) is 8.58. The van der Waals surface area contributed by atoms with Crippen molar-refractivity contribution in [3.05, 3.63) is 96.1 Å². The summed E-state index contributed by atoms with van der Waals surface area (Å²) in [5.74, 6) is -1.30. The second-order valence-corrected chi connectivity index (χ2v) is 18.6. The smallest absolute Gasteiger partial charge is 0.407 e. The van der Waals surface area contributed by atoms with Gasteiger partial charge in [-0.05, 0) is 61.1 Å². The van der Waals surface area contributed by atoms with Gasteiger partial charge in [-0.1, -0.05) is 60.7 Å². The molecule has 4 aromatic heterocycles. The van der Waals surface area contributed by atoms with Crippen LogP contribution in [0.5, 0.6) is 0 Å². The first-order valence-electron chi connectivity index (χ1n) is 19.2. The van der Waals surface area contributed by atoms with E-state index in [-0.39, 0.29) is 23.6 Å². The van der Waals surface area contributed by atoms with E-state index in [0.717, 1.165) is 28.6 Å². The third-order valence-electron chi connectivity index (χ3n) is 10.5. The van der Waals surface area contributed by atoms with Crippen LogP contribution < -0.4 is 21.3 Å². The number of fused-ring (bicyclic) bond motifs is 2. The molecule has 6 amide bonds. The molecule has 8 rings (SSSR count). The fourth-order valence-electron chi connectivity index (χ4n) is 7.60. The van der Waals surface area contributed by atoms with Crippen molar-refractivity contribution < 1.29 is 38.2 Å². The van der Waals surface area contributed by atoms with Gasteiger partial charge in [0.2, 0.25) is 11.8 Å². The maximum atomic E-state index is 13.8. The Balaban J connectivity index is 0.905. The molecule has 60 heavy (non-hydrogen) atoms. The van der Waals surface area contributed by atoms with Gasteiger partial charge in [-0.15, -0.1) is 45.3 Å². The second kappa shape index (κ2) is 17.8. The van der Waals surface area contributed by atoms with Crippen molar-refractivity contribution in [3.8, 4) is 9.75 Å². The lowest BCUT2D eigenvalue weighted by atomic mass is 10.0. The van der Waals surface area contributed by atoms with Crippen molar-refractivity contribution in [2.75, 3.05) is 37.9 Å². The molecule has 6 aromatic rings. The van der Waals surface area contributed by atoms with E-state index in [1.165, 1.54) is 46.7 Å². The molecule has 0 spiro atoms. The first kappa shape index (κ1) is 40.9. The minimum absolute atomic E-state index is 0.277. The zero-order valence-corrected chi connectivity index (χ0v) is 35.7. The monoisotopic (exact) mass is 884 g/mol. The zero-order valence-electron chi connectivity index (χ0n) is 32.4. The fraction of sp³-hybridized carbons (Fsp3) is 0.286. The predicted molar refractivity (Wildman–Crippen MR) is 235 cm³/mol. The summed E-state index contributed by atoms with van der Waals surface area (Å²) >= 11 is 6.18. The van der Waals surface area contributed by atoms with Crippen LogP contribution in [0.15, 0.2) is 84.9 Å². The summed E-state index contributed by atoms with van der Waals surface area (Å²) in [6.07, 6.45) is 0.858. The van der Waals surface area contributed by atoms with E-state index in [9.17, 15) is 28.8 Å². The minimum atomic E-state index is -0.992. The summed E-state index contributed by atoms with van der Waals surface area (Å²) in [6, 6.07) is 22.5. The number of carbonyl (C=O) groups is 6. The molecule has 2 aliphatic heterocycles. The highest BCUT2D eigenvalue weighted by atomic mass is 32.1. The Morgan fingerprint density at radius 1 is 0.567 bits per heavy atom. The molecule has 2 fully saturated rings. The van der Waals surface area contributed by atoms with Crippen molar-refractivity contribution >= 4 is 110 Å². The van der Waals surface area contributed by atoms with Crippen molar-refractivity contribution in [2.24, 2.45) is 0 Å². The number of hydrogen-bond donors (Lipinski definition) is 4. The van der Waals surface area contributed by atoms with Gasteiger partial charge in [0.25, 0.3) is 11.8 Å². The average molecular weight is 885 g/mol. The van der Waals surface area contributed by atoms with E-state index in [4.69, 9.17) is 9.47 Å². The van der Waals surface area contributed by atoms with Gasteiger partial charge >= 0.3 is 12.2 Å². The molecule has 4 N–H and O–H groups in total. The SMILES string of the molecule is COC(=O)N[C@@H](C(=O)N1CCC[C@H]1C(=O)Nc1cc2sc(-c3cc4sc(NC(=O)[C@@H]5CCCN5C(=O)[C@H](NC(=O)OC)c5ccccc5)cc4s3)cc2s1)c1ccccc1. The van der Waals surface area contributed by atoms with Crippen LogP contribution in [0.25, 0.3) is 28.6 Å². The van der Waals surface area contributed by atoms with Gasteiger partial charge in [0.15, 0.2) is 0 Å². The average Bonchev–Trinajstić information content (AvgIpc) is 4.12. The molecular formula is C42H40N6O8S4. The summed E-state index contributed by atoms with van der Waals surface area (Å²) < 4.78 is 13.6. The number of rotatable bonds is 11. The van der Waals surface area contributed by atoms with E-state index >= 15 is 0 Å². The van der Waals surface area contributed by atoms with E-state index in [2.05, 4.69) is 33.4 Å². The summed E-state index contributed by atoms with van der Waals surface area (Å²) in [7, 11) is 2.47. The van der Waals surface area contributed by atoms with E-state index < -0.39 is 36.4 Å². The molecule has 14 nitrogen and oxygen atoms in total. The Hall–Kier alpha value is -5.82. The Morgan fingerprint density at radius 2 is 0.950 bits per heavy atom. The molecule has 0 aliphatic carbocycles. The summed E-state index contributed by atoms with van der Waals surface area (Å²) in [6.45, 7) is 0.789. The Labute approximate surface area is 360 Å². The maximum absolute atomic E-state index is 13.8. The van der Waals surface area contributed by atoms with Gasteiger partial charge < -0.3 is 40.5 Å². The van der Waals surface area contributed by atoms with Crippen LogP contribution in [0.4, 0.5) is 19.6 Å². The third-order valence-corrected chi connectivity index (χ3v) is 15.1. The number of thiophene rings is 4. The van der Waals surface area contributed by atoms with Gasteiger partial charge in [-0.25, -0.2) is 9.59 Å². The normalized spacial score (nSPS) is 17.3. The number of nitrogens with zero attached hydrogens (tertiary/aromatic N) is 2. The van der Waals surface area contributed by atoms with Crippen LogP contribution in [-0.4, -0.2) is 85.0 Å². The number of benzene rings is 2. The molecule has 2 saturated heterocycles. The van der Waals surface area contributed by atoms with Gasteiger partial charge in [0.05, 0.1) is 24.2 Å². The van der Waals surface area contributed by atoms with Gasteiger partial charge in [0.1, 0.15) is 24.2 Å². The summed E-state index contributed by atoms with van der Waals surface area (Å²) in [5.41, 5.74) is 1.19. The molecule has 0 radical (unpaired) electrons. The number of ether oxygens (including phenoxy) is 2. The highest BCUT2D eigenvalue weighted by Gasteiger charge is 2.40. The minimum Gasteiger partial charge on any atom is -0.453 e. The molecule has 18 heteroatoms. The highest BCUT2D eigenvalue weighted by molar-refractivity contribution is 7.35. The highest BCUT2D eigenvalue weighted by Crippen LogP contribution is 2.46. The summed E-state index contributed by atoms with van der Waals surface area (Å²) in [4.78, 5) is 84.3. The number of likely N-dealkylation sites (tertiary alicyclic amines) is 2. The number of amides is 6. The Bertz CT molecular complexity index is 2330. The second-order valence-electron chi connectivity index (χ2n) is 14.2. The van der Waals surface area contributed by atoms with Crippen molar-refractivity contribution in [2.45, 2.75) is 49.9 Å². The molecule has 0 bridgehead atoms. The van der Waals surface area contributed by atoms with Gasteiger partial charge in [0, 0.05) is 41.6 Å². The van der Waals surface area contributed by atoms with Crippen LogP contribution in [0, 0.1) is 0 Å². The lowest BCUT2D eigenvalue weighted by Crippen LogP contribution is -2.48. The van der Waals surface area contributed by atoms with E-state index in [1.54, 1.807) is 71.2 Å². The van der Waals surface area contributed by atoms with Crippen molar-refractivity contribution in [3.63, 3.8) is 0 Å². The quantitative estimate of drug-likeness (QED) is 0.101. The molecular weight excluding hydrogens is 845 g/mol. The van der Waals surface area contributed by atoms with E-state index in [0.29, 0.717) is 59.9 Å². The first-order chi connectivity index (χ1) is 29.1. The molecule has 0 saturated carbocycles. The van der Waals surface area contributed by atoms with Crippen molar-refractivity contribution in [1.82, 2.24) is 20.4 Å². The number of nitrogens with one attached hydrogen (secondary N) is 4. The number of alkyl carbamates (subject to hydrolysis) is 2. The van der Waals surface area contributed by atoms with Gasteiger partial charge in [-0.3, -0.25) is 19.2 Å². The number of carbonyl (C=O) groups excluding carboxylic acids is 6. The van der Waals surface area contributed by atoms with Crippen LogP contribution in [-0.2, 0) is 28.7 Å². The lowest BCUT2D eigenvalue weighted by molar-refractivity contribution is -0.138. The molecule has 0 unspecified atom stereocenters. The largest absolute Gasteiger partial charge is 0.453 e. The molecule has 6 heterocycles. The summed E-state index contributed by atoms with van der Waals surface area (Å²) in [5, 5.41) is 12.7. The first-order valence-corrected chi connectivity index (χ1v) is 22.5. The van der Waals surface area contributed by atoms with Crippen LogP contribution in [0.2, 0.25) is 0 Å².